The topological polar surface area (TPSA) is 33.3 Å². The first kappa shape index (κ1) is 12.9. The smallest absolute Gasteiger partial charge is 0.170 e. The van der Waals surface area contributed by atoms with Crippen LogP contribution < -0.4 is 10.6 Å². The van der Waals surface area contributed by atoms with Crippen LogP contribution >= 0.6 is 12.2 Å². The maximum Gasteiger partial charge on any atom is 0.170 e. The molecule has 0 atom stereocenters. The van der Waals surface area contributed by atoms with Gasteiger partial charge in [-0.15, -0.1) is 0 Å². The Labute approximate surface area is 100.0 Å². The van der Waals surface area contributed by atoms with Gasteiger partial charge in [-0.1, -0.05) is 6.07 Å². The van der Waals surface area contributed by atoms with Gasteiger partial charge in [0.25, 0.3) is 0 Å². The highest BCUT2D eigenvalue weighted by Gasteiger charge is 2.00. The lowest BCUT2D eigenvalue weighted by atomic mass is 10.2. The summed E-state index contributed by atoms with van der Waals surface area (Å²) in [4.78, 5) is 0. The number of thiocarbonyl (C=S) groups is 1. The first-order valence-corrected chi connectivity index (χ1v) is 5.34. The fourth-order valence-electron chi connectivity index (χ4n) is 1.11. The first-order valence-electron chi connectivity index (χ1n) is 4.93. The third-order valence-corrected chi connectivity index (χ3v) is 2.27. The van der Waals surface area contributed by atoms with E-state index >= 15 is 0 Å². The summed E-state index contributed by atoms with van der Waals surface area (Å²) < 4.78 is 18.1. The predicted molar refractivity (Wildman–Crippen MR) is 67.2 cm³/mol. The maximum absolute atomic E-state index is 13.2. The summed E-state index contributed by atoms with van der Waals surface area (Å²) >= 11 is 5.03. The summed E-state index contributed by atoms with van der Waals surface area (Å²) in [7, 11) is 1.62. The monoisotopic (exact) mass is 242 g/mol. The molecule has 0 fully saturated rings. The van der Waals surface area contributed by atoms with Crippen LogP contribution in [-0.2, 0) is 4.74 Å². The van der Waals surface area contributed by atoms with Gasteiger partial charge in [-0.05, 0) is 36.8 Å². The Kier molecular flexibility index (Phi) is 5.14. The molecule has 16 heavy (non-hydrogen) atoms. The van der Waals surface area contributed by atoms with Crippen molar-refractivity contribution in [3.8, 4) is 0 Å². The zero-order valence-corrected chi connectivity index (χ0v) is 10.2. The van der Waals surface area contributed by atoms with E-state index in [-0.39, 0.29) is 5.82 Å². The van der Waals surface area contributed by atoms with Gasteiger partial charge in [-0.2, -0.15) is 0 Å². The van der Waals surface area contributed by atoms with E-state index in [4.69, 9.17) is 17.0 Å². The number of anilines is 1. The third-order valence-electron chi connectivity index (χ3n) is 2.02. The number of ether oxygens (including phenoxy) is 1. The van der Waals surface area contributed by atoms with Crippen LogP contribution in [0.25, 0.3) is 0 Å². The van der Waals surface area contributed by atoms with E-state index in [9.17, 15) is 4.39 Å². The van der Waals surface area contributed by atoms with Crippen molar-refractivity contribution in [2.75, 3.05) is 25.6 Å². The molecule has 1 aromatic rings. The number of rotatable bonds is 4. The van der Waals surface area contributed by atoms with E-state index in [1.54, 1.807) is 26.2 Å². The Bertz CT molecular complexity index is 371. The molecule has 1 aromatic carbocycles. The molecule has 0 aliphatic carbocycles. The molecule has 5 heteroatoms. The van der Waals surface area contributed by atoms with Crippen molar-refractivity contribution < 1.29 is 9.13 Å². The van der Waals surface area contributed by atoms with Gasteiger partial charge < -0.3 is 15.4 Å². The van der Waals surface area contributed by atoms with Crippen LogP contribution in [0.4, 0.5) is 10.1 Å². The van der Waals surface area contributed by atoms with Gasteiger partial charge in [0.15, 0.2) is 5.11 Å². The van der Waals surface area contributed by atoms with Gasteiger partial charge in [-0.25, -0.2) is 4.39 Å². The molecular formula is C11H15FN2OS. The summed E-state index contributed by atoms with van der Waals surface area (Å²) in [6.07, 6.45) is 0. The lowest BCUT2D eigenvalue weighted by Crippen LogP contribution is -2.31. The first-order chi connectivity index (χ1) is 7.63. The van der Waals surface area contributed by atoms with Gasteiger partial charge in [0.2, 0.25) is 0 Å². The molecule has 3 nitrogen and oxygen atoms in total. The minimum Gasteiger partial charge on any atom is -0.383 e. The molecule has 0 saturated heterocycles. The Morgan fingerprint density at radius 2 is 2.25 bits per heavy atom. The van der Waals surface area contributed by atoms with Crippen molar-refractivity contribution in [3.05, 3.63) is 29.6 Å². The van der Waals surface area contributed by atoms with Crippen LogP contribution in [0.3, 0.4) is 0 Å². The molecule has 1 rings (SSSR count). The van der Waals surface area contributed by atoms with Gasteiger partial charge in [0.1, 0.15) is 5.82 Å². The third kappa shape index (κ3) is 4.12. The molecule has 0 radical (unpaired) electrons. The van der Waals surface area contributed by atoms with Gasteiger partial charge in [0.05, 0.1) is 6.61 Å². The second-order valence-corrected chi connectivity index (χ2v) is 3.75. The highest BCUT2D eigenvalue weighted by atomic mass is 32.1. The van der Waals surface area contributed by atoms with E-state index in [0.29, 0.717) is 29.5 Å². The predicted octanol–water partition coefficient (Wildman–Crippen LogP) is 2.07. The highest BCUT2D eigenvalue weighted by molar-refractivity contribution is 7.80. The molecule has 2 N–H and O–H groups in total. The Hall–Kier alpha value is -1.20. The minimum absolute atomic E-state index is 0.246. The number of benzene rings is 1. The molecule has 0 bridgehead atoms. The van der Waals surface area contributed by atoms with Gasteiger partial charge in [-0.3, -0.25) is 0 Å². The number of hydrogen-bond acceptors (Lipinski definition) is 2. The molecule has 0 unspecified atom stereocenters. The van der Waals surface area contributed by atoms with E-state index < -0.39 is 0 Å². The molecule has 0 spiro atoms. The second kappa shape index (κ2) is 6.40. The average molecular weight is 242 g/mol. The largest absolute Gasteiger partial charge is 0.383 e. The SMILES string of the molecule is COCCNC(=S)Nc1ccc(C)c(F)c1. The number of aryl methyl sites for hydroxylation is 1. The van der Waals surface area contributed by atoms with E-state index in [0.717, 1.165) is 0 Å². The minimum atomic E-state index is -0.246. The molecular weight excluding hydrogens is 227 g/mol. The molecule has 0 aliphatic heterocycles. The quantitative estimate of drug-likeness (QED) is 0.625. The fourth-order valence-corrected chi connectivity index (χ4v) is 1.33. The van der Waals surface area contributed by atoms with E-state index in [1.165, 1.54) is 6.07 Å². The van der Waals surface area contributed by atoms with Crippen molar-refractivity contribution in [1.29, 1.82) is 0 Å². The summed E-state index contributed by atoms with van der Waals surface area (Å²) in [5.74, 6) is -0.246. The fraction of sp³-hybridized carbons (Fsp3) is 0.364. The van der Waals surface area contributed by atoms with E-state index in [2.05, 4.69) is 10.6 Å². The number of nitrogens with one attached hydrogen (secondary N) is 2. The molecule has 0 aromatic heterocycles. The summed E-state index contributed by atoms with van der Waals surface area (Å²) in [5.41, 5.74) is 1.25. The van der Waals surface area contributed by atoms with Crippen LogP contribution in [0, 0.1) is 12.7 Å². The molecule has 0 amide bonds. The van der Waals surface area contributed by atoms with Crippen LogP contribution in [0.2, 0.25) is 0 Å². The normalized spacial score (nSPS) is 9.94. The zero-order chi connectivity index (χ0) is 12.0. The Balaban J connectivity index is 2.46. The second-order valence-electron chi connectivity index (χ2n) is 3.34. The summed E-state index contributed by atoms with van der Waals surface area (Å²) in [6, 6.07) is 4.90. The van der Waals surface area contributed by atoms with Crippen molar-refractivity contribution in [2.45, 2.75) is 6.92 Å². The van der Waals surface area contributed by atoms with Crippen molar-refractivity contribution in [2.24, 2.45) is 0 Å². The highest BCUT2D eigenvalue weighted by Crippen LogP contribution is 2.13. The standard InChI is InChI=1S/C11H15FN2OS/c1-8-3-4-9(7-10(8)12)14-11(16)13-5-6-15-2/h3-4,7H,5-6H2,1-2H3,(H2,13,14,16). The van der Waals surface area contributed by atoms with Crippen molar-refractivity contribution in [1.82, 2.24) is 5.32 Å². The van der Waals surface area contributed by atoms with Crippen LogP contribution in [-0.4, -0.2) is 25.4 Å². The Morgan fingerprint density at radius 1 is 1.50 bits per heavy atom. The van der Waals surface area contributed by atoms with E-state index in [1.807, 2.05) is 0 Å². The molecule has 0 heterocycles. The lowest BCUT2D eigenvalue weighted by Gasteiger charge is -2.10. The van der Waals surface area contributed by atoms with Crippen LogP contribution in [0.1, 0.15) is 5.56 Å². The molecule has 0 saturated carbocycles. The van der Waals surface area contributed by atoms with Crippen LogP contribution in [0.5, 0.6) is 0 Å². The average Bonchev–Trinajstić information content (AvgIpc) is 2.24. The summed E-state index contributed by atoms with van der Waals surface area (Å²) in [6.45, 7) is 2.91. The lowest BCUT2D eigenvalue weighted by molar-refractivity contribution is 0.204. The van der Waals surface area contributed by atoms with Crippen molar-refractivity contribution >= 4 is 23.0 Å². The number of halogens is 1. The maximum atomic E-state index is 13.2. The Morgan fingerprint density at radius 3 is 2.88 bits per heavy atom. The summed E-state index contributed by atoms with van der Waals surface area (Å²) in [5, 5.41) is 6.29. The molecule has 0 aliphatic rings. The molecule has 88 valence electrons. The van der Waals surface area contributed by atoms with Crippen molar-refractivity contribution in [3.63, 3.8) is 0 Å². The number of hydrogen-bond donors (Lipinski definition) is 2. The number of methoxy groups -OCH3 is 1. The zero-order valence-electron chi connectivity index (χ0n) is 9.34. The van der Waals surface area contributed by atoms with Gasteiger partial charge in [0, 0.05) is 19.3 Å². The van der Waals surface area contributed by atoms with Gasteiger partial charge >= 0.3 is 0 Å². The van der Waals surface area contributed by atoms with Crippen LogP contribution in [0.15, 0.2) is 18.2 Å².